The number of nitrogen functional groups attached to an aromatic ring is 2. The van der Waals surface area contributed by atoms with Gasteiger partial charge in [0.2, 0.25) is 11.9 Å². The quantitative estimate of drug-likeness (QED) is 0.233. The summed E-state index contributed by atoms with van der Waals surface area (Å²) >= 11 is 0. The Hall–Kier alpha value is -2.36. The minimum Gasteiger partial charge on any atom is -0.370 e. The maximum absolute atomic E-state index is 6.81. The van der Waals surface area contributed by atoms with Crippen molar-refractivity contribution in [1.29, 1.82) is 5.41 Å². The lowest BCUT2D eigenvalue weighted by atomic mass is 10.3. The SMILES string of the molecule is CCCCN=C(N)NC(=N)N.Cl.Nc1ncnc(N)n1. The first-order chi connectivity index (χ1) is 8.95. The van der Waals surface area contributed by atoms with Gasteiger partial charge in [0.05, 0.1) is 0 Å². The third-order valence-corrected chi connectivity index (χ3v) is 1.67. The van der Waals surface area contributed by atoms with E-state index < -0.39 is 0 Å². The van der Waals surface area contributed by atoms with Crippen molar-refractivity contribution in [3.05, 3.63) is 6.33 Å². The van der Waals surface area contributed by atoms with Gasteiger partial charge in [0, 0.05) is 6.54 Å². The van der Waals surface area contributed by atoms with Crippen molar-refractivity contribution in [1.82, 2.24) is 20.3 Å². The van der Waals surface area contributed by atoms with Crippen LogP contribution in [0, 0.1) is 5.41 Å². The zero-order valence-electron chi connectivity index (χ0n) is 11.2. The van der Waals surface area contributed by atoms with Gasteiger partial charge < -0.3 is 22.9 Å². The maximum atomic E-state index is 6.81. The molecule has 0 unspecified atom stereocenters. The first kappa shape index (κ1) is 20.0. The van der Waals surface area contributed by atoms with Crippen LogP contribution >= 0.6 is 12.4 Å². The number of nitrogens with two attached hydrogens (primary N) is 4. The van der Waals surface area contributed by atoms with Gasteiger partial charge in [-0.3, -0.25) is 15.7 Å². The number of anilines is 2. The molecule has 0 saturated carbocycles. The van der Waals surface area contributed by atoms with E-state index in [-0.39, 0.29) is 36.2 Å². The van der Waals surface area contributed by atoms with E-state index in [0.29, 0.717) is 6.54 Å². The van der Waals surface area contributed by atoms with Crippen molar-refractivity contribution < 1.29 is 0 Å². The van der Waals surface area contributed by atoms with Crippen LogP contribution in [0.5, 0.6) is 0 Å². The highest BCUT2D eigenvalue weighted by Gasteiger charge is 1.90. The van der Waals surface area contributed by atoms with E-state index in [1.807, 2.05) is 0 Å². The summed E-state index contributed by atoms with van der Waals surface area (Å²) in [6.45, 7) is 2.76. The molecule has 1 aromatic rings. The Bertz CT molecular complexity index is 404. The second-order valence-electron chi connectivity index (χ2n) is 3.36. The van der Waals surface area contributed by atoms with Crippen LogP contribution < -0.4 is 28.3 Å². The lowest BCUT2D eigenvalue weighted by molar-refractivity contribution is 0.804. The molecule has 0 aliphatic carbocycles. The van der Waals surface area contributed by atoms with Crippen LogP contribution in [-0.4, -0.2) is 33.4 Å². The molecule has 0 radical (unpaired) electrons. The molecular formula is C9H21ClN10. The Morgan fingerprint density at radius 2 is 1.85 bits per heavy atom. The maximum Gasteiger partial charge on any atom is 0.224 e. The van der Waals surface area contributed by atoms with Crippen LogP contribution in [0.15, 0.2) is 11.3 Å². The highest BCUT2D eigenvalue weighted by atomic mass is 35.5. The first-order valence-corrected chi connectivity index (χ1v) is 5.56. The third-order valence-electron chi connectivity index (χ3n) is 1.67. The number of hydrogen-bond donors (Lipinski definition) is 6. The number of nitrogens with one attached hydrogen (secondary N) is 2. The van der Waals surface area contributed by atoms with Crippen molar-refractivity contribution in [2.24, 2.45) is 16.5 Å². The number of hydrogen-bond acceptors (Lipinski definition) is 7. The highest BCUT2D eigenvalue weighted by Crippen LogP contribution is 1.88. The molecule has 10 N–H and O–H groups in total. The Labute approximate surface area is 123 Å². The molecule has 114 valence electrons. The van der Waals surface area contributed by atoms with Gasteiger partial charge in [0.1, 0.15) is 6.33 Å². The van der Waals surface area contributed by atoms with E-state index in [0.717, 1.165) is 12.8 Å². The fourth-order valence-corrected chi connectivity index (χ4v) is 0.857. The van der Waals surface area contributed by atoms with E-state index in [4.69, 9.17) is 28.3 Å². The van der Waals surface area contributed by atoms with E-state index in [1.165, 1.54) is 6.33 Å². The lowest BCUT2D eigenvalue weighted by Crippen LogP contribution is -2.40. The monoisotopic (exact) mass is 304 g/mol. The average molecular weight is 305 g/mol. The molecule has 10 nitrogen and oxygen atoms in total. The van der Waals surface area contributed by atoms with Gasteiger partial charge in [0.25, 0.3) is 0 Å². The summed E-state index contributed by atoms with van der Waals surface area (Å²) in [6.07, 6.45) is 3.34. The predicted octanol–water partition coefficient (Wildman–Crippen LogP) is -0.958. The molecule has 0 amide bonds. The minimum atomic E-state index is -0.178. The summed E-state index contributed by atoms with van der Waals surface area (Å²) in [5.41, 5.74) is 20.6. The molecule has 0 aliphatic rings. The van der Waals surface area contributed by atoms with Crippen molar-refractivity contribution in [3.8, 4) is 0 Å². The Balaban J connectivity index is 0. The molecule has 0 spiro atoms. The number of halogens is 1. The molecule has 1 heterocycles. The topological polar surface area (TPSA) is 191 Å². The summed E-state index contributed by atoms with van der Waals surface area (Å²) in [5, 5.41) is 9.20. The van der Waals surface area contributed by atoms with Crippen LogP contribution in [0.25, 0.3) is 0 Å². The normalized spacial score (nSPS) is 9.75. The minimum absolute atomic E-state index is 0. The van der Waals surface area contributed by atoms with E-state index in [9.17, 15) is 0 Å². The van der Waals surface area contributed by atoms with Crippen molar-refractivity contribution in [2.75, 3.05) is 18.0 Å². The van der Waals surface area contributed by atoms with Gasteiger partial charge >= 0.3 is 0 Å². The molecule has 1 rings (SSSR count). The first-order valence-electron chi connectivity index (χ1n) is 5.56. The third kappa shape index (κ3) is 12.1. The summed E-state index contributed by atoms with van der Waals surface area (Å²) in [6, 6.07) is 0. The van der Waals surface area contributed by atoms with Gasteiger partial charge in [-0.25, -0.2) is 9.97 Å². The number of aliphatic imine (C=N–C) groups is 1. The summed E-state index contributed by atoms with van der Waals surface area (Å²) < 4.78 is 0. The Morgan fingerprint density at radius 3 is 2.20 bits per heavy atom. The zero-order chi connectivity index (χ0) is 14.7. The summed E-state index contributed by atoms with van der Waals surface area (Å²) in [4.78, 5) is 14.5. The fourth-order valence-electron chi connectivity index (χ4n) is 0.857. The largest absolute Gasteiger partial charge is 0.370 e. The number of nitrogens with zero attached hydrogens (tertiary/aromatic N) is 4. The Kier molecular flexibility index (Phi) is 11.7. The number of rotatable bonds is 3. The van der Waals surface area contributed by atoms with Crippen molar-refractivity contribution in [2.45, 2.75) is 19.8 Å². The van der Waals surface area contributed by atoms with Crippen LogP contribution in [0.2, 0.25) is 0 Å². The van der Waals surface area contributed by atoms with E-state index >= 15 is 0 Å². The number of aromatic nitrogens is 3. The molecule has 0 bridgehead atoms. The smallest absolute Gasteiger partial charge is 0.224 e. The van der Waals surface area contributed by atoms with Gasteiger partial charge in [-0.1, -0.05) is 13.3 Å². The van der Waals surface area contributed by atoms with Gasteiger partial charge in [0.15, 0.2) is 11.9 Å². The van der Waals surface area contributed by atoms with Crippen LogP contribution in [-0.2, 0) is 0 Å². The predicted molar refractivity (Wildman–Crippen MR) is 82.3 cm³/mol. The molecule has 0 aromatic carbocycles. The second-order valence-corrected chi connectivity index (χ2v) is 3.36. The standard InChI is InChI=1S/C6H15N5.C3H5N5.ClH/c1-2-3-4-10-6(9)11-5(7)8;4-2-6-1-7-3(5)8-2;/h2-4H2,1H3,(H6,7,8,9,10,11);1H,(H4,4,5,6,7,8);1H. The highest BCUT2D eigenvalue weighted by molar-refractivity contribution is 5.95. The molecule has 20 heavy (non-hydrogen) atoms. The summed E-state index contributed by atoms with van der Waals surface area (Å²) in [7, 11) is 0. The molecule has 0 aliphatic heterocycles. The van der Waals surface area contributed by atoms with Gasteiger partial charge in [-0.2, -0.15) is 4.98 Å². The molecule has 11 heteroatoms. The van der Waals surface area contributed by atoms with Crippen molar-refractivity contribution >= 4 is 36.2 Å². The van der Waals surface area contributed by atoms with Crippen LogP contribution in [0.3, 0.4) is 0 Å². The van der Waals surface area contributed by atoms with Crippen LogP contribution in [0.1, 0.15) is 19.8 Å². The number of unbranched alkanes of at least 4 members (excludes halogenated alkanes) is 1. The Morgan fingerprint density at radius 1 is 1.30 bits per heavy atom. The second kappa shape index (κ2) is 11.7. The lowest BCUT2D eigenvalue weighted by Gasteiger charge is -2.00. The van der Waals surface area contributed by atoms with Crippen LogP contribution in [0.4, 0.5) is 11.9 Å². The molecule has 0 saturated heterocycles. The molecule has 0 fully saturated rings. The number of guanidine groups is 2. The zero-order valence-corrected chi connectivity index (χ0v) is 12.0. The fraction of sp³-hybridized carbons (Fsp3) is 0.444. The molecule has 0 atom stereocenters. The average Bonchev–Trinajstić information content (AvgIpc) is 2.28. The molecule has 1 aromatic heterocycles. The van der Waals surface area contributed by atoms with Gasteiger partial charge in [-0.15, -0.1) is 12.4 Å². The van der Waals surface area contributed by atoms with Gasteiger partial charge in [-0.05, 0) is 6.42 Å². The van der Waals surface area contributed by atoms with Crippen molar-refractivity contribution in [3.63, 3.8) is 0 Å². The molecular weight excluding hydrogens is 284 g/mol. The van der Waals surface area contributed by atoms with E-state index in [1.54, 1.807) is 0 Å². The van der Waals surface area contributed by atoms with E-state index in [2.05, 4.69) is 32.2 Å². The summed E-state index contributed by atoms with van der Waals surface area (Å²) in [5.74, 6) is 0.337.